The second kappa shape index (κ2) is 9.30. The van der Waals surface area contributed by atoms with Crippen molar-refractivity contribution in [1.29, 1.82) is 0 Å². The van der Waals surface area contributed by atoms with E-state index in [1.165, 1.54) is 12.1 Å². The van der Waals surface area contributed by atoms with Gasteiger partial charge in [0.15, 0.2) is 0 Å². The molecule has 0 saturated carbocycles. The van der Waals surface area contributed by atoms with Crippen LogP contribution in [0.5, 0.6) is 0 Å². The molecule has 1 rings (SSSR count). The summed E-state index contributed by atoms with van der Waals surface area (Å²) in [6, 6.07) is 4.37. The molecule has 0 aliphatic rings. The van der Waals surface area contributed by atoms with Crippen LogP contribution < -0.4 is 5.46 Å². The molecule has 0 saturated heterocycles. The highest BCUT2D eigenvalue weighted by atomic mass is 19.1. The van der Waals surface area contributed by atoms with Crippen LogP contribution in [0.2, 0.25) is 0 Å². The van der Waals surface area contributed by atoms with Gasteiger partial charge in [0.05, 0.1) is 0 Å². The van der Waals surface area contributed by atoms with Crippen LogP contribution in [0.3, 0.4) is 0 Å². The van der Waals surface area contributed by atoms with Crippen molar-refractivity contribution in [3.05, 3.63) is 29.6 Å². The van der Waals surface area contributed by atoms with Crippen LogP contribution in [-0.4, -0.2) is 7.85 Å². The standard InChI is InChI=1S/C7H6BF.2C2H6/c1-5-2-3-6(9)4-7(5)8;2*1-2/h2-4H,1H3;2*1-2H3. The number of aryl methyl sites for hydroxylation is 1. The molecule has 0 aromatic heterocycles. The van der Waals surface area contributed by atoms with E-state index in [-0.39, 0.29) is 5.82 Å². The Hall–Kier alpha value is -0.785. The molecule has 13 heavy (non-hydrogen) atoms. The minimum Gasteiger partial charge on any atom is -0.207 e. The Morgan fingerprint density at radius 1 is 1.08 bits per heavy atom. The number of halogens is 1. The average Bonchev–Trinajstić information content (AvgIpc) is 2.18. The van der Waals surface area contributed by atoms with Gasteiger partial charge in [-0.15, -0.1) is 0 Å². The van der Waals surface area contributed by atoms with Gasteiger partial charge in [0.1, 0.15) is 13.7 Å². The van der Waals surface area contributed by atoms with E-state index in [1.54, 1.807) is 6.07 Å². The van der Waals surface area contributed by atoms with Crippen LogP contribution in [0.15, 0.2) is 18.2 Å². The van der Waals surface area contributed by atoms with Crippen LogP contribution in [0.1, 0.15) is 33.3 Å². The maximum Gasteiger partial charge on any atom is 0.122 e. The van der Waals surface area contributed by atoms with E-state index in [9.17, 15) is 4.39 Å². The summed E-state index contributed by atoms with van der Waals surface area (Å²) in [4.78, 5) is 0. The van der Waals surface area contributed by atoms with Crippen molar-refractivity contribution in [3.8, 4) is 0 Å². The summed E-state index contributed by atoms with van der Waals surface area (Å²) in [5.41, 5.74) is 1.42. The van der Waals surface area contributed by atoms with Crippen LogP contribution >= 0.6 is 0 Å². The third kappa shape index (κ3) is 6.38. The second-order valence-electron chi connectivity index (χ2n) is 2.00. The molecule has 0 atom stereocenters. The molecule has 1 aromatic rings. The number of hydrogen-bond acceptors (Lipinski definition) is 0. The lowest BCUT2D eigenvalue weighted by molar-refractivity contribution is 0.628. The zero-order valence-electron chi connectivity index (χ0n) is 9.19. The van der Waals surface area contributed by atoms with Crippen LogP contribution in [0, 0.1) is 12.7 Å². The number of rotatable bonds is 0. The normalized spacial score (nSPS) is 7.54. The Kier molecular flexibility index (Phi) is 10.5. The fourth-order valence-electron chi connectivity index (χ4n) is 0.611. The molecule has 0 amide bonds. The number of benzene rings is 1. The monoisotopic (exact) mass is 180 g/mol. The van der Waals surface area contributed by atoms with E-state index < -0.39 is 0 Å². The fraction of sp³-hybridized carbons (Fsp3) is 0.455. The largest absolute Gasteiger partial charge is 0.207 e. The molecule has 2 heteroatoms. The van der Waals surface area contributed by atoms with Crippen molar-refractivity contribution in [2.45, 2.75) is 34.6 Å². The number of hydrogen-bond donors (Lipinski definition) is 0. The lowest BCUT2D eigenvalue weighted by Crippen LogP contribution is -2.06. The summed E-state index contributed by atoms with van der Waals surface area (Å²) in [6.07, 6.45) is 0. The summed E-state index contributed by atoms with van der Waals surface area (Å²) in [7, 11) is 5.38. The molecule has 1 aromatic carbocycles. The Bertz CT molecular complexity index is 221. The highest BCUT2D eigenvalue weighted by Crippen LogP contribution is 1.96. The predicted molar refractivity (Wildman–Crippen MR) is 59.2 cm³/mol. The first-order valence-electron chi connectivity index (χ1n) is 4.72. The average molecular weight is 180 g/mol. The second-order valence-corrected chi connectivity index (χ2v) is 2.00. The van der Waals surface area contributed by atoms with E-state index in [0.29, 0.717) is 5.46 Å². The first kappa shape index (κ1) is 14.7. The zero-order chi connectivity index (χ0) is 10.9. The molecule has 0 heterocycles. The van der Waals surface area contributed by atoms with Crippen molar-refractivity contribution >= 4 is 13.3 Å². The van der Waals surface area contributed by atoms with Crippen molar-refractivity contribution in [2.75, 3.05) is 0 Å². The predicted octanol–water partition coefficient (Wildman–Crippen LogP) is 2.98. The van der Waals surface area contributed by atoms with Crippen molar-refractivity contribution in [2.24, 2.45) is 0 Å². The quantitative estimate of drug-likeness (QED) is 0.538. The van der Waals surface area contributed by atoms with Gasteiger partial charge in [-0.2, -0.15) is 0 Å². The van der Waals surface area contributed by atoms with Crippen molar-refractivity contribution < 1.29 is 4.39 Å². The molecule has 0 unspecified atom stereocenters. The van der Waals surface area contributed by atoms with Gasteiger partial charge in [0.2, 0.25) is 0 Å². The molecular weight excluding hydrogens is 162 g/mol. The summed E-state index contributed by atoms with van der Waals surface area (Å²) >= 11 is 0. The molecule has 0 spiro atoms. The molecule has 0 N–H and O–H groups in total. The van der Waals surface area contributed by atoms with Crippen molar-refractivity contribution in [3.63, 3.8) is 0 Å². The molecule has 2 radical (unpaired) electrons. The first-order chi connectivity index (χ1) is 6.20. The summed E-state index contributed by atoms with van der Waals surface area (Å²) < 4.78 is 12.3. The topological polar surface area (TPSA) is 0 Å². The third-order valence-electron chi connectivity index (χ3n) is 1.24. The maximum atomic E-state index is 12.3. The van der Waals surface area contributed by atoms with E-state index in [0.717, 1.165) is 5.56 Å². The van der Waals surface area contributed by atoms with Crippen LogP contribution in [0.4, 0.5) is 4.39 Å². The SMILES string of the molecule is CC.CC.[B]c1cc(F)ccc1C. The first-order valence-corrected chi connectivity index (χ1v) is 4.72. The van der Waals surface area contributed by atoms with Crippen LogP contribution in [-0.2, 0) is 0 Å². The highest BCUT2D eigenvalue weighted by molar-refractivity contribution is 6.33. The molecule has 0 aliphatic carbocycles. The molecule has 0 nitrogen and oxygen atoms in total. The lowest BCUT2D eigenvalue weighted by atomic mass is 9.91. The fourth-order valence-corrected chi connectivity index (χ4v) is 0.611. The van der Waals surface area contributed by atoms with Gasteiger partial charge >= 0.3 is 0 Å². The zero-order valence-corrected chi connectivity index (χ0v) is 9.19. The summed E-state index contributed by atoms with van der Waals surface area (Å²) in [5.74, 6) is -0.280. The van der Waals surface area contributed by atoms with Gasteiger partial charge in [-0.05, 0) is 19.1 Å². The minimum absolute atomic E-state index is 0.280. The van der Waals surface area contributed by atoms with Crippen LogP contribution in [0.25, 0.3) is 0 Å². The van der Waals surface area contributed by atoms with Gasteiger partial charge in [-0.25, -0.2) is 4.39 Å². The Balaban J connectivity index is 0. The van der Waals surface area contributed by atoms with Gasteiger partial charge in [-0.1, -0.05) is 44.8 Å². The lowest BCUT2D eigenvalue weighted by Gasteiger charge is -1.96. The van der Waals surface area contributed by atoms with Gasteiger partial charge in [-0.3, -0.25) is 0 Å². The van der Waals surface area contributed by atoms with E-state index in [2.05, 4.69) is 0 Å². The Labute approximate surface area is 82.6 Å². The minimum atomic E-state index is -0.280. The van der Waals surface area contributed by atoms with Gasteiger partial charge < -0.3 is 0 Å². The third-order valence-corrected chi connectivity index (χ3v) is 1.24. The van der Waals surface area contributed by atoms with Crippen molar-refractivity contribution in [1.82, 2.24) is 0 Å². The van der Waals surface area contributed by atoms with Gasteiger partial charge in [0, 0.05) is 0 Å². The maximum absolute atomic E-state index is 12.3. The van der Waals surface area contributed by atoms with E-state index in [4.69, 9.17) is 7.85 Å². The highest BCUT2D eigenvalue weighted by Gasteiger charge is 1.91. The molecule has 0 fully saturated rings. The molecule has 0 bridgehead atoms. The smallest absolute Gasteiger partial charge is 0.122 e. The van der Waals surface area contributed by atoms with Gasteiger partial charge in [0.25, 0.3) is 0 Å². The van der Waals surface area contributed by atoms with E-state index in [1.807, 2.05) is 34.6 Å². The molecule has 0 aliphatic heterocycles. The molecule has 72 valence electrons. The Morgan fingerprint density at radius 2 is 1.54 bits per heavy atom. The van der Waals surface area contributed by atoms with E-state index >= 15 is 0 Å². The summed E-state index contributed by atoms with van der Waals surface area (Å²) in [5, 5.41) is 0. The molecular formula is C11H18BF. The summed E-state index contributed by atoms with van der Waals surface area (Å²) in [6.45, 7) is 9.84. The Morgan fingerprint density at radius 3 is 1.85 bits per heavy atom.